The van der Waals surface area contributed by atoms with Crippen molar-refractivity contribution in [3.05, 3.63) is 95.6 Å². The number of carbonyl (C=O) groups excluding carboxylic acids is 2. The van der Waals surface area contributed by atoms with Crippen LogP contribution in [0.15, 0.2) is 78.9 Å². The van der Waals surface area contributed by atoms with Crippen LogP contribution in [0.25, 0.3) is 0 Å². The third-order valence-corrected chi connectivity index (χ3v) is 12.2. The molecule has 1 aliphatic rings. The van der Waals surface area contributed by atoms with Gasteiger partial charge >= 0.3 is 11.9 Å². The second-order valence-corrected chi connectivity index (χ2v) is 16.9. The van der Waals surface area contributed by atoms with Crippen LogP contribution in [0.5, 0.6) is 11.5 Å². The number of unbranched alkanes of at least 4 members (excludes halogenated alkanes) is 18. The molecule has 9 heteroatoms. The Balaban J connectivity index is 1.33. The summed E-state index contributed by atoms with van der Waals surface area (Å²) in [7, 11) is 3.27. The van der Waals surface area contributed by atoms with Crippen LogP contribution in [-0.4, -0.2) is 67.4 Å². The number of hydrogen-bond acceptors (Lipinski definition) is 7. The van der Waals surface area contributed by atoms with E-state index in [1.165, 1.54) is 103 Å². The monoisotopic (exact) mass is 842 g/mol. The first-order valence-corrected chi connectivity index (χ1v) is 23.5. The summed E-state index contributed by atoms with van der Waals surface area (Å²) in [4.78, 5) is 39.6. The molecular formula is C52H75NO8. The first kappa shape index (κ1) is 49.3. The van der Waals surface area contributed by atoms with Crippen molar-refractivity contribution in [2.24, 2.45) is 0 Å². The summed E-state index contributed by atoms with van der Waals surface area (Å²) in [5, 5.41) is 9.13. The normalized spacial score (nSPS) is 15.2. The number of benzene rings is 3. The zero-order chi connectivity index (χ0) is 43.5. The number of ether oxygens (including phenoxy) is 4. The van der Waals surface area contributed by atoms with Crippen molar-refractivity contribution in [2.75, 3.05) is 27.4 Å². The molecule has 1 heterocycles. The molecule has 1 N–H and O–H groups in total. The molecule has 61 heavy (non-hydrogen) atoms. The van der Waals surface area contributed by atoms with E-state index in [0.717, 1.165) is 47.5 Å². The molecule has 1 saturated heterocycles. The SMILES string of the molecule is CCCCCCCCCCCCCCCCCCCCCC(=O)N1C[C@H](OC(=O)CCC(=O)O)CC1COC(c1ccccc1)(c1ccc(OC)cc1)c1ccc(OC)cc1. The lowest BCUT2D eigenvalue weighted by molar-refractivity contribution is -0.152. The summed E-state index contributed by atoms with van der Waals surface area (Å²) in [5.41, 5.74) is 1.60. The number of methoxy groups -OCH3 is 2. The van der Waals surface area contributed by atoms with Crippen LogP contribution in [-0.2, 0) is 29.5 Å². The summed E-state index contributed by atoms with van der Waals surface area (Å²) in [5.74, 6) is -0.176. The van der Waals surface area contributed by atoms with E-state index < -0.39 is 23.6 Å². The highest BCUT2D eigenvalue weighted by molar-refractivity contribution is 5.78. The number of aliphatic carboxylic acids is 1. The molecule has 2 atom stereocenters. The number of carbonyl (C=O) groups is 3. The smallest absolute Gasteiger partial charge is 0.306 e. The Morgan fingerprint density at radius 1 is 0.590 bits per heavy atom. The molecule has 0 bridgehead atoms. The molecule has 336 valence electrons. The Morgan fingerprint density at radius 2 is 1.03 bits per heavy atom. The molecule has 3 aromatic carbocycles. The fraction of sp³-hybridized carbons (Fsp3) is 0.596. The zero-order valence-electron chi connectivity index (χ0n) is 37.6. The van der Waals surface area contributed by atoms with Crippen LogP contribution in [0.2, 0.25) is 0 Å². The fourth-order valence-electron chi connectivity index (χ4n) is 8.67. The topological polar surface area (TPSA) is 112 Å². The van der Waals surface area contributed by atoms with Crippen molar-refractivity contribution in [2.45, 2.75) is 172 Å². The summed E-state index contributed by atoms with van der Waals surface area (Å²) in [6.07, 6.45) is 24.3. The summed E-state index contributed by atoms with van der Waals surface area (Å²) >= 11 is 0. The lowest BCUT2D eigenvalue weighted by Gasteiger charge is -2.38. The van der Waals surface area contributed by atoms with E-state index in [1.54, 1.807) is 14.2 Å². The molecule has 0 aromatic heterocycles. The lowest BCUT2D eigenvalue weighted by atomic mass is 9.80. The minimum absolute atomic E-state index is 0.0175. The van der Waals surface area contributed by atoms with Gasteiger partial charge in [-0.1, -0.05) is 177 Å². The van der Waals surface area contributed by atoms with Crippen LogP contribution in [0, 0.1) is 0 Å². The van der Waals surface area contributed by atoms with Gasteiger partial charge in [0.05, 0.1) is 46.3 Å². The maximum atomic E-state index is 14.0. The number of likely N-dealkylation sites (tertiary alicyclic amines) is 1. The predicted molar refractivity (Wildman–Crippen MR) is 243 cm³/mol. The van der Waals surface area contributed by atoms with E-state index in [2.05, 4.69) is 6.92 Å². The zero-order valence-corrected chi connectivity index (χ0v) is 37.6. The standard InChI is InChI=1S/C52H75NO8/c1-4-5-6-7-8-9-10-11-12-13-14-15-16-17-18-19-20-21-25-28-49(54)53-40-48(61-51(57)38-37-50(55)56)39-45(53)41-60-52(42-26-23-22-24-27-42,43-29-33-46(58-2)34-30-43)44-31-35-47(59-3)36-32-44/h22-24,26-27,29-36,45,48H,4-21,25,28,37-41H2,1-3H3,(H,55,56)/t45?,48-/m1/s1. The highest BCUT2D eigenvalue weighted by atomic mass is 16.5. The molecule has 0 spiro atoms. The third kappa shape index (κ3) is 16.8. The van der Waals surface area contributed by atoms with Crippen LogP contribution in [0.1, 0.15) is 171 Å². The molecule has 1 unspecified atom stereocenters. The molecule has 1 fully saturated rings. The second-order valence-electron chi connectivity index (χ2n) is 16.9. The van der Waals surface area contributed by atoms with Gasteiger partial charge in [-0.3, -0.25) is 14.4 Å². The maximum absolute atomic E-state index is 14.0. The quantitative estimate of drug-likeness (QED) is 0.0376. The number of rotatable bonds is 32. The molecular weight excluding hydrogens is 767 g/mol. The first-order chi connectivity index (χ1) is 29.8. The Morgan fingerprint density at radius 3 is 1.48 bits per heavy atom. The van der Waals surface area contributed by atoms with Crippen LogP contribution >= 0.6 is 0 Å². The Bertz CT molecular complexity index is 1610. The molecule has 0 saturated carbocycles. The molecule has 9 nitrogen and oxygen atoms in total. The Labute approximate surface area is 366 Å². The van der Waals surface area contributed by atoms with Gasteiger partial charge in [-0.15, -0.1) is 0 Å². The largest absolute Gasteiger partial charge is 0.497 e. The molecule has 1 aliphatic heterocycles. The van der Waals surface area contributed by atoms with Crippen LogP contribution in [0.4, 0.5) is 0 Å². The van der Waals surface area contributed by atoms with Crippen molar-refractivity contribution in [1.82, 2.24) is 4.90 Å². The van der Waals surface area contributed by atoms with E-state index in [0.29, 0.717) is 12.8 Å². The summed E-state index contributed by atoms with van der Waals surface area (Å²) in [6, 6.07) is 25.3. The third-order valence-electron chi connectivity index (χ3n) is 12.2. The van der Waals surface area contributed by atoms with Crippen molar-refractivity contribution < 1.29 is 38.4 Å². The average Bonchev–Trinajstić information content (AvgIpc) is 3.69. The summed E-state index contributed by atoms with van der Waals surface area (Å²) < 4.78 is 24.0. The maximum Gasteiger partial charge on any atom is 0.306 e. The van der Waals surface area contributed by atoms with Crippen molar-refractivity contribution in [3.8, 4) is 11.5 Å². The van der Waals surface area contributed by atoms with E-state index in [9.17, 15) is 14.4 Å². The Kier molecular flexibility index (Phi) is 22.8. The molecule has 0 aliphatic carbocycles. The van der Waals surface area contributed by atoms with Crippen LogP contribution < -0.4 is 9.47 Å². The highest BCUT2D eigenvalue weighted by Gasteiger charge is 2.42. The van der Waals surface area contributed by atoms with Gasteiger partial charge in [-0.05, 0) is 47.4 Å². The molecule has 4 rings (SSSR count). The second kappa shape index (κ2) is 28.3. The number of carboxylic acid groups (broad SMARTS) is 1. The predicted octanol–water partition coefficient (Wildman–Crippen LogP) is 12.2. The average molecular weight is 842 g/mol. The lowest BCUT2D eigenvalue weighted by Crippen LogP contribution is -2.42. The van der Waals surface area contributed by atoms with Crippen molar-refractivity contribution in [1.29, 1.82) is 0 Å². The number of esters is 1. The minimum Gasteiger partial charge on any atom is -0.497 e. The molecule has 0 radical (unpaired) electrons. The Hall–Kier alpha value is -4.37. The number of nitrogens with zero attached hydrogens (tertiary/aromatic N) is 1. The molecule has 3 aromatic rings. The number of hydrogen-bond donors (Lipinski definition) is 1. The van der Waals surface area contributed by atoms with Gasteiger partial charge in [0.1, 0.15) is 23.2 Å². The van der Waals surface area contributed by atoms with E-state index in [-0.39, 0.29) is 37.9 Å². The van der Waals surface area contributed by atoms with E-state index >= 15 is 0 Å². The van der Waals surface area contributed by atoms with Crippen molar-refractivity contribution in [3.63, 3.8) is 0 Å². The van der Waals surface area contributed by atoms with E-state index in [4.69, 9.17) is 24.1 Å². The van der Waals surface area contributed by atoms with Gasteiger partial charge in [0.25, 0.3) is 0 Å². The number of carboxylic acids is 1. The van der Waals surface area contributed by atoms with E-state index in [1.807, 2.05) is 83.8 Å². The minimum atomic E-state index is -1.07. The van der Waals surface area contributed by atoms with Crippen molar-refractivity contribution >= 4 is 17.8 Å². The van der Waals surface area contributed by atoms with Gasteiger partial charge in [0, 0.05) is 12.8 Å². The van der Waals surface area contributed by atoms with Crippen LogP contribution in [0.3, 0.4) is 0 Å². The summed E-state index contributed by atoms with van der Waals surface area (Å²) in [6.45, 7) is 2.69. The first-order valence-electron chi connectivity index (χ1n) is 23.5. The van der Waals surface area contributed by atoms with Gasteiger partial charge in [0.2, 0.25) is 5.91 Å². The van der Waals surface area contributed by atoms with Gasteiger partial charge in [0.15, 0.2) is 0 Å². The van der Waals surface area contributed by atoms with Gasteiger partial charge in [-0.25, -0.2) is 0 Å². The van der Waals surface area contributed by atoms with Gasteiger partial charge < -0.3 is 29.0 Å². The van der Waals surface area contributed by atoms with Gasteiger partial charge in [-0.2, -0.15) is 0 Å². The number of amides is 1. The fourth-order valence-corrected chi connectivity index (χ4v) is 8.67. The molecule has 1 amide bonds. The highest BCUT2D eigenvalue weighted by Crippen LogP contribution is 2.42.